The average Bonchev–Trinajstić information content (AvgIpc) is 2.88. The minimum absolute atomic E-state index is 0.770. The van der Waals surface area contributed by atoms with E-state index in [9.17, 15) is 0 Å². The quantitative estimate of drug-likeness (QED) is 0.849. The Kier molecular flexibility index (Phi) is 3.04. The van der Waals surface area contributed by atoms with Gasteiger partial charge >= 0.3 is 0 Å². The van der Waals surface area contributed by atoms with Crippen LogP contribution in [0.1, 0.15) is 25.7 Å². The van der Waals surface area contributed by atoms with Gasteiger partial charge in [0, 0.05) is 17.2 Å². The highest BCUT2D eigenvalue weighted by atomic mass is 79.9. The Morgan fingerprint density at radius 2 is 2.24 bits per heavy atom. The second-order valence-electron chi connectivity index (χ2n) is 4.72. The molecular weight excluding hydrogens is 298 g/mol. The van der Waals surface area contributed by atoms with Crippen molar-refractivity contribution in [3.8, 4) is 0 Å². The molecule has 1 N–H and O–H groups in total. The molecule has 0 amide bonds. The molecule has 0 aliphatic heterocycles. The van der Waals surface area contributed by atoms with Gasteiger partial charge in [-0.15, -0.1) is 0 Å². The number of hydrogen-bond donors (Lipinski definition) is 1. The highest BCUT2D eigenvalue weighted by Crippen LogP contribution is 2.27. The molecule has 2 aromatic rings. The topological polar surface area (TPSA) is 33.6 Å². The van der Waals surface area contributed by atoms with Crippen molar-refractivity contribution in [2.24, 2.45) is 5.92 Å². The fourth-order valence-corrected chi connectivity index (χ4v) is 3.24. The predicted octanol–water partition coefficient (Wildman–Crippen LogP) is 4.05. The summed E-state index contributed by atoms with van der Waals surface area (Å²) in [5, 5.41) is 0. The molecule has 90 valence electrons. The van der Waals surface area contributed by atoms with Gasteiger partial charge in [0.15, 0.2) is 10.4 Å². The van der Waals surface area contributed by atoms with Crippen LogP contribution in [-0.2, 0) is 6.54 Å². The van der Waals surface area contributed by atoms with E-state index in [4.69, 9.17) is 12.2 Å². The van der Waals surface area contributed by atoms with E-state index in [-0.39, 0.29) is 0 Å². The van der Waals surface area contributed by atoms with E-state index >= 15 is 0 Å². The third-order valence-electron chi connectivity index (χ3n) is 3.49. The molecule has 1 aliphatic rings. The smallest absolute Gasteiger partial charge is 0.179 e. The van der Waals surface area contributed by atoms with Gasteiger partial charge in [0.25, 0.3) is 0 Å². The Labute approximate surface area is 113 Å². The van der Waals surface area contributed by atoms with E-state index in [2.05, 4.69) is 30.5 Å². The van der Waals surface area contributed by atoms with Crippen LogP contribution in [-0.4, -0.2) is 14.5 Å². The second-order valence-corrected chi connectivity index (χ2v) is 6.02. The summed E-state index contributed by atoms with van der Waals surface area (Å²) in [7, 11) is 0. The number of aromatic amines is 1. The monoisotopic (exact) mass is 311 g/mol. The summed E-state index contributed by atoms with van der Waals surface area (Å²) >= 11 is 8.81. The second kappa shape index (κ2) is 4.53. The lowest BCUT2D eigenvalue weighted by Crippen LogP contribution is -2.07. The first kappa shape index (κ1) is 11.4. The third-order valence-corrected chi connectivity index (χ3v) is 4.25. The number of fused-ring (bicyclic) bond motifs is 1. The van der Waals surface area contributed by atoms with Crippen molar-refractivity contribution in [1.82, 2.24) is 14.5 Å². The molecule has 1 fully saturated rings. The summed E-state index contributed by atoms with van der Waals surface area (Å²) in [5.74, 6) is 0.770. The molecule has 0 unspecified atom stereocenters. The molecule has 0 spiro atoms. The van der Waals surface area contributed by atoms with E-state index in [0.29, 0.717) is 0 Å². The standard InChI is InChI=1S/C12H14BrN3S/c13-9-5-10-11(14-6-9)16(12(17)15-10)7-8-3-1-2-4-8/h5-6,8H,1-4,7H2,(H,15,17). The SMILES string of the molecule is S=c1[nH]c2cc(Br)cnc2n1CC1CCCC1. The molecule has 0 radical (unpaired) electrons. The number of halogens is 1. The summed E-state index contributed by atoms with van der Waals surface area (Å²) in [6, 6.07) is 2.03. The highest BCUT2D eigenvalue weighted by molar-refractivity contribution is 9.10. The number of rotatable bonds is 2. The summed E-state index contributed by atoms with van der Waals surface area (Å²) in [5.41, 5.74) is 1.99. The van der Waals surface area contributed by atoms with E-state index in [0.717, 1.165) is 32.9 Å². The van der Waals surface area contributed by atoms with Gasteiger partial charge in [-0.25, -0.2) is 4.98 Å². The Morgan fingerprint density at radius 1 is 1.47 bits per heavy atom. The Balaban J connectivity index is 2.02. The Hall–Kier alpha value is -0.680. The van der Waals surface area contributed by atoms with E-state index in [1.807, 2.05) is 12.3 Å². The van der Waals surface area contributed by atoms with Crippen LogP contribution in [0.3, 0.4) is 0 Å². The van der Waals surface area contributed by atoms with Crippen LogP contribution in [0.15, 0.2) is 16.7 Å². The molecule has 1 saturated carbocycles. The molecule has 0 atom stereocenters. The molecule has 3 rings (SSSR count). The lowest BCUT2D eigenvalue weighted by molar-refractivity contribution is 0.460. The Morgan fingerprint density at radius 3 is 3.00 bits per heavy atom. The number of imidazole rings is 1. The molecule has 2 heterocycles. The third kappa shape index (κ3) is 2.18. The first-order valence-electron chi connectivity index (χ1n) is 5.98. The average molecular weight is 312 g/mol. The fraction of sp³-hybridized carbons (Fsp3) is 0.500. The Bertz CT molecular complexity index is 595. The summed E-state index contributed by atoms with van der Waals surface area (Å²) in [4.78, 5) is 7.69. The van der Waals surface area contributed by atoms with Gasteiger partial charge in [-0.2, -0.15) is 0 Å². The van der Waals surface area contributed by atoms with E-state index < -0.39 is 0 Å². The number of hydrogen-bond acceptors (Lipinski definition) is 2. The van der Waals surface area contributed by atoms with Gasteiger partial charge < -0.3 is 9.55 Å². The van der Waals surface area contributed by atoms with Crippen LogP contribution >= 0.6 is 28.1 Å². The molecular formula is C12H14BrN3S. The van der Waals surface area contributed by atoms with Crippen LogP contribution < -0.4 is 0 Å². The van der Waals surface area contributed by atoms with Crippen LogP contribution in [0.5, 0.6) is 0 Å². The minimum Gasteiger partial charge on any atom is -0.329 e. The molecule has 3 nitrogen and oxygen atoms in total. The molecule has 0 bridgehead atoms. The van der Waals surface area contributed by atoms with Crippen molar-refractivity contribution in [3.05, 3.63) is 21.5 Å². The predicted molar refractivity (Wildman–Crippen MR) is 74.6 cm³/mol. The highest BCUT2D eigenvalue weighted by Gasteiger charge is 2.17. The van der Waals surface area contributed by atoms with E-state index in [1.54, 1.807) is 0 Å². The van der Waals surface area contributed by atoms with Crippen molar-refractivity contribution < 1.29 is 0 Å². The van der Waals surface area contributed by atoms with Gasteiger partial charge in [-0.3, -0.25) is 0 Å². The van der Waals surface area contributed by atoms with Crippen molar-refractivity contribution in [2.75, 3.05) is 0 Å². The van der Waals surface area contributed by atoms with Gasteiger partial charge in [-0.1, -0.05) is 12.8 Å². The van der Waals surface area contributed by atoms with Gasteiger partial charge in [-0.05, 0) is 53.0 Å². The van der Waals surface area contributed by atoms with E-state index in [1.165, 1.54) is 25.7 Å². The van der Waals surface area contributed by atoms with Crippen LogP contribution in [0, 0.1) is 10.7 Å². The number of aromatic nitrogens is 3. The van der Waals surface area contributed by atoms with Crippen LogP contribution in [0.2, 0.25) is 0 Å². The zero-order valence-electron chi connectivity index (χ0n) is 9.45. The lowest BCUT2D eigenvalue weighted by atomic mass is 10.1. The van der Waals surface area contributed by atoms with Gasteiger partial charge in [0.2, 0.25) is 0 Å². The molecule has 2 aromatic heterocycles. The van der Waals surface area contributed by atoms with Gasteiger partial charge in [0.1, 0.15) is 0 Å². The fourth-order valence-electron chi connectivity index (χ4n) is 2.64. The zero-order valence-corrected chi connectivity index (χ0v) is 11.9. The first-order chi connectivity index (χ1) is 8.24. The van der Waals surface area contributed by atoms with Crippen LogP contribution in [0.25, 0.3) is 11.2 Å². The van der Waals surface area contributed by atoms with Crippen molar-refractivity contribution in [1.29, 1.82) is 0 Å². The number of H-pyrrole nitrogens is 1. The summed E-state index contributed by atoms with van der Waals surface area (Å²) in [6.07, 6.45) is 7.20. The van der Waals surface area contributed by atoms with Gasteiger partial charge in [0.05, 0.1) is 5.52 Å². The van der Waals surface area contributed by atoms with Crippen molar-refractivity contribution >= 4 is 39.3 Å². The van der Waals surface area contributed by atoms with Crippen molar-refractivity contribution in [3.63, 3.8) is 0 Å². The molecule has 1 aliphatic carbocycles. The first-order valence-corrected chi connectivity index (χ1v) is 7.18. The molecule has 5 heteroatoms. The number of nitrogens with zero attached hydrogens (tertiary/aromatic N) is 2. The molecule has 0 saturated heterocycles. The minimum atomic E-state index is 0.770. The maximum absolute atomic E-state index is 5.38. The lowest BCUT2D eigenvalue weighted by Gasteiger charge is -2.10. The van der Waals surface area contributed by atoms with Crippen molar-refractivity contribution in [2.45, 2.75) is 32.2 Å². The summed E-state index contributed by atoms with van der Waals surface area (Å²) in [6.45, 7) is 1.01. The summed E-state index contributed by atoms with van der Waals surface area (Å²) < 4.78 is 3.92. The maximum atomic E-state index is 5.38. The van der Waals surface area contributed by atoms with Crippen LogP contribution in [0.4, 0.5) is 0 Å². The largest absolute Gasteiger partial charge is 0.329 e. The zero-order chi connectivity index (χ0) is 11.8. The molecule has 0 aromatic carbocycles. The normalized spacial score (nSPS) is 17.0. The number of pyridine rings is 1. The maximum Gasteiger partial charge on any atom is 0.179 e. The molecule has 17 heavy (non-hydrogen) atoms. The number of nitrogens with one attached hydrogen (secondary N) is 1.